The molecule has 90 valence electrons. The molecule has 0 bridgehead atoms. The molecule has 0 spiro atoms. The highest BCUT2D eigenvalue weighted by molar-refractivity contribution is 5.82. The number of aliphatic hydroxyl groups excluding tert-OH is 1. The zero-order valence-electron chi connectivity index (χ0n) is 10.7. The summed E-state index contributed by atoms with van der Waals surface area (Å²) < 4.78 is 0. The summed E-state index contributed by atoms with van der Waals surface area (Å²) in [6.07, 6.45) is 0.916. The monoisotopic (exact) mass is 236 g/mol. The fraction of sp³-hybridized carbons (Fsp3) is 0.176. The van der Waals surface area contributed by atoms with Gasteiger partial charge in [0.05, 0.1) is 0 Å². The maximum atomic E-state index is 10.2. The average Bonchev–Trinajstić information content (AvgIpc) is 2.76. The van der Waals surface area contributed by atoms with Crippen molar-refractivity contribution in [3.63, 3.8) is 0 Å². The molecule has 1 aliphatic carbocycles. The molecule has 1 nitrogen and oxygen atoms in total. The van der Waals surface area contributed by atoms with Crippen molar-refractivity contribution in [3.05, 3.63) is 64.7 Å². The van der Waals surface area contributed by atoms with Gasteiger partial charge in [-0.3, -0.25) is 0 Å². The molecule has 0 atom stereocenters. The van der Waals surface area contributed by atoms with Gasteiger partial charge in [0.15, 0.2) is 0 Å². The molecule has 0 heterocycles. The third-order valence-electron chi connectivity index (χ3n) is 3.58. The van der Waals surface area contributed by atoms with Gasteiger partial charge in [0.2, 0.25) is 0 Å². The Morgan fingerprint density at radius 1 is 0.944 bits per heavy atom. The summed E-state index contributed by atoms with van der Waals surface area (Å²) in [5, 5.41) is 10.2. The van der Waals surface area contributed by atoms with Crippen LogP contribution in [-0.2, 0) is 6.42 Å². The molecular weight excluding hydrogens is 220 g/mol. The van der Waals surface area contributed by atoms with Crippen LogP contribution in [0, 0.1) is 0 Å². The van der Waals surface area contributed by atoms with Crippen LogP contribution in [0.15, 0.2) is 48.0 Å². The lowest BCUT2D eigenvalue weighted by atomic mass is 9.98. The van der Waals surface area contributed by atoms with E-state index >= 15 is 0 Å². The highest BCUT2D eigenvalue weighted by Crippen LogP contribution is 2.39. The van der Waals surface area contributed by atoms with Gasteiger partial charge in [-0.1, -0.05) is 42.5 Å². The van der Waals surface area contributed by atoms with Crippen molar-refractivity contribution in [2.75, 3.05) is 0 Å². The molecule has 0 amide bonds. The number of allylic oxidation sites excluding steroid dienone is 1. The van der Waals surface area contributed by atoms with Crippen LogP contribution in [0.4, 0.5) is 0 Å². The zero-order chi connectivity index (χ0) is 12.7. The number of aliphatic hydroxyl groups is 1. The first-order valence-electron chi connectivity index (χ1n) is 6.25. The summed E-state index contributed by atoms with van der Waals surface area (Å²) in [5.41, 5.74) is 7.09. The molecule has 2 aromatic carbocycles. The van der Waals surface area contributed by atoms with Crippen molar-refractivity contribution in [3.8, 4) is 11.1 Å². The number of benzene rings is 2. The van der Waals surface area contributed by atoms with Gasteiger partial charge in [0.1, 0.15) is 5.76 Å². The molecule has 0 radical (unpaired) electrons. The lowest BCUT2D eigenvalue weighted by Gasteiger charge is -2.09. The van der Waals surface area contributed by atoms with Crippen molar-refractivity contribution in [2.24, 2.45) is 0 Å². The lowest BCUT2D eigenvalue weighted by molar-refractivity contribution is 0.506. The molecule has 2 aromatic rings. The molecule has 18 heavy (non-hydrogen) atoms. The highest BCUT2D eigenvalue weighted by Gasteiger charge is 2.21. The standard InChI is InChI=1S/C17H16O/c1-11(2)17(18)15-9-5-8-14-13-7-4-3-6-12(13)10-16(14)15/h3-9,18H,10H2,1-2H3. The Hall–Kier alpha value is -2.02. The van der Waals surface area contributed by atoms with E-state index in [2.05, 4.69) is 30.3 Å². The zero-order valence-corrected chi connectivity index (χ0v) is 10.7. The Balaban J connectivity index is 2.24. The second kappa shape index (κ2) is 4.02. The Bertz CT molecular complexity index is 646. The SMILES string of the molecule is CC(C)=C(O)c1cccc2c1Cc1ccccc1-2. The number of hydrogen-bond donors (Lipinski definition) is 1. The first-order valence-corrected chi connectivity index (χ1v) is 6.25. The smallest absolute Gasteiger partial charge is 0.121 e. The Morgan fingerprint density at radius 2 is 1.67 bits per heavy atom. The van der Waals surface area contributed by atoms with Gasteiger partial charge < -0.3 is 5.11 Å². The molecule has 0 fully saturated rings. The van der Waals surface area contributed by atoms with Gasteiger partial charge in [-0.05, 0) is 48.1 Å². The lowest BCUT2D eigenvalue weighted by Crippen LogP contribution is -1.93. The largest absolute Gasteiger partial charge is 0.507 e. The van der Waals surface area contributed by atoms with E-state index in [0.717, 1.165) is 17.6 Å². The normalized spacial score (nSPS) is 11.9. The van der Waals surface area contributed by atoms with E-state index in [1.54, 1.807) is 0 Å². The molecule has 0 saturated carbocycles. The molecule has 1 N–H and O–H groups in total. The third kappa shape index (κ3) is 1.55. The summed E-state index contributed by atoms with van der Waals surface area (Å²) in [7, 11) is 0. The van der Waals surface area contributed by atoms with Crippen molar-refractivity contribution >= 4 is 5.76 Å². The van der Waals surface area contributed by atoms with Crippen LogP contribution in [0.5, 0.6) is 0 Å². The van der Waals surface area contributed by atoms with Crippen molar-refractivity contribution < 1.29 is 5.11 Å². The maximum Gasteiger partial charge on any atom is 0.121 e. The van der Waals surface area contributed by atoms with E-state index in [9.17, 15) is 5.11 Å². The first-order chi connectivity index (χ1) is 8.68. The molecule has 0 unspecified atom stereocenters. The molecule has 0 aliphatic heterocycles. The second-order valence-electron chi connectivity index (χ2n) is 5.01. The van der Waals surface area contributed by atoms with E-state index in [1.165, 1.54) is 22.3 Å². The van der Waals surface area contributed by atoms with Crippen LogP contribution in [0.25, 0.3) is 16.9 Å². The summed E-state index contributed by atoms with van der Waals surface area (Å²) in [4.78, 5) is 0. The predicted octanol–water partition coefficient (Wildman–Crippen LogP) is 4.57. The van der Waals surface area contributed by atoms with Gasteiger partial charge in [0, 0.05) is 5.56 Å². The summed E-state index contributed by atoms with van der Waals surface area (Å²) in [6.45, 7) is 3.88. The van der Waals surface area contributed by atoms with Gasteiger partial charge in [-0.2, -0.15) is 0 Å². The van der Waals surface area contributed by atoms with Crippen molar-refractivity contribution in [2.45, 2.75) is 20.3 Å². The minimum Gasteiger partial charge on any atom is -0.507 e. The fourth-order valence-corrected chi connectivity index (χ4v) is 2.65. The molecular formula is C17H16O. The van der Waals surface area contributed by atoms with E-state index in [1.807, 2.05) is 26.0 Å². The summed E-state index contributed by atoms with van der Waals surface area (Å²) in [5.74, 6) is 0.416. The number of rotatable bonds is 1. The van der Waals surface area contributed by atoms with Gasteiger partial charge in [0.25, 0.3) is 0 Å². The van der Waals surface area contributed by atoms with Crippen LogP contribution < -0.4 is 0 Å². The second-order valence-corrected chi connectivity index (χ2v) is 5.01. The van der Waals surface area contributed by atoms with Crippen LogP contribution >= 0.6 is 0 Å². The Labute approximate surface area is 107 Å². The van der Waals surface area contributed by atoms with Gasteiger partial charge >= 0.3 is 0 Å². The Kier molecular flexibility index (Phi) is 2.48. The quantitative estimate of drug-likeness (QED) is 0.614. The molecule has 0 saturated heterocycles. The van der Waals surface area contributed by atoms with Crippen LogP contribution in [0.2, 0.25) is 0 Å². The predicted molar refractivity (Wildman–Crippen MR) is 75.6 cm³/mol. The number of hydrogen-bond acceptors (Lipinski definition) is 1. The number of fused-ring (bicyclic) bond motifs is 3. The van der Waals surface area contributed by atoms with Crippen molar-refractivity contribution in [1.29, 1.82) is 0 Å². The van der Waals surface area contributed by atoms with Gasteiger partial charge in [-0.25, -0.2) is 0 Å². The van der Waals surface area contributed by atoms with E-state index in [0.29, 0.717) is 5.76 Å². The van der Waals surface area contributed by atoms with E-state index in [-0.39, 0.29) is 0 Å². The summed E-state index contributed by atoms with van der Waals surface area (Å²) >= 11 is 0. The fourth-order valence-electron chi connectivity index (χ4n) is 2.65. The first kappa shape index (κ1) is 11.1. The molecule has 0 aromatic heterocycles. The Morgan fingerprint density at radius 3 is 2.44 bits per heavy atom. The average molecular weight is 236 g/mol. The maximum absolute atomic E-state index is 10.2. The van der Waals surface area contributed by atoms with Crippen LogP contribution in [0.3, 0.4) is 0 Å². The van der Waals surface area contributed by atoms with Gasteiger partial charge in [-0.15, -0.1) is 0 Å². The van der Waals surface area contributed by atoms with E-state index < -0.39 is 0 Å². The van der Waals surface area contributed by atoms with Crippen LogP contribution in [-0.4, -0.2) is 5.11 Å². The van der Waals surface area contributed by atoms with Crippen molar-refractivity contribution in [1.82, 2.24) is 0 Å². The summed E-state index contributed by atoms with van der Waals surface area (Å²) in [6, 6.07) is 14.6. The van der Waals surface area contributed by atoms with E-state index in [4.69, 9.17) is 0 Å². The third-order valence-corrected chi connectivity index (χ3v) is 3.58. The minimum absolute atomic E-state index is 0.416. The molecule has 1 heteroatoms. The minimum atomic E-state index is 0.416. The molecule has 3 rings (SSSR count). The highest BCUT2D eigenvalue weighted by atomic mass is 16.3. The topological polar surface area (TPSA) is 20.2 Å². The molecule has 1 aliphatic rings. The van der Waals surface area contributed by atoms with Crippen LogP contribution in [0.1, 0.15) is 30.5 Å².